The van der Waals surface area contributed by atoms with Gasteiger partial charge in [-0.05, 0) is 41.6 Å². The number of nitrogens with zero attached hydrogens (tertiary/aromatic N) is 3. The summed E-state index contributed by atoms with van der Waals surface area (Å²) in [5, 5.41) is 9.45. The zero-order valence-corrected chi connectivity index (χ0v) is 12.3. The number of aromatic carboxylic acids is 1. The second kappa shape index (κ2) is 6.25. The lowest BCUT2D eigenvalue weighted by atomic mass is 10.2. The Kier molecular flexibility index (Phi) is 4.64. The maximum absolute atomic E-state index is 11.0. The molecule has 104 valence electrons. The van der Waals surface area contributed by atoms with E-state index in [9.17, 15) is 4.79 Å². The Morgan fingerprint density at radius 1 is 1.30 bits per heavy atom. The van der Waals surface area contributed by atoms with Gasteiger partial charge in [0.1, 0.15) is 0 Å². The Morgan fingerprint density at radius 3 is 2.70 bits per heavy atom. The van der Waals surface area contributed by atoms with Gasteiger partial charge < -0.3 is 9.84 Å². The molecule has 0 amide bonds. The van der Waals surface area contributed by atoms with Gasteiger partial charge in [0, 0.05) is 4.90 Å². The SMILES string of the molecule is COc1nc(Cl)nc(Sc2ccc(Cl)c(C(=O)O)c2)n1. The van der Waals surface area contributed by atoms with Gasteiger partial charge in [0.15, 0.2) is 5.16 Å². The summed E-state index contributed by atoms with van der Waals surface area (Å²) in [4.78, 5) is 23.3. The smallest absolute Gasteiger partial charge is 0.337 e. The highest BCUT2D eigenvalue weighted by Gasteiger charge is 2.12. The van der Waals surface area contributed by atoms with Crippen molar-refractivity contribution in [2.45, 2.75) is 10.1 Å². The first-order valence-corrected chi connectivity index (χ1v) is 6.73. The molecule has 0 saturated heterocycles. The van der Waals surface area contributed by atoms with Gasteiger partial charge in [-0.1, -0.05) is 11.6 Å². The molecule has 0 aliphatic heterocycles. The summed E-state index contributed by atoms with van der Waals surface area (Å²) >= 11 is 12.6. The Balaban J connectivity index is 2.32. The molecule has 0 saturated carbocycles. The van der Waals surface area contributed by atoms with Crippen LogP contribution in [0.2, 0.25) is 10.3 Å². The number of carboxylic acid groups (broad SMARTS) is 1. The molecular weight excluding hydrogens is 325 g/mol. The first-order chi connectivity index (χ1) is 9.49. The van der Waals surface area contributed by atoms with Gasteiger partial charge in [-0.2, -0.15) is 15.0 Å². The lowest BCUT2D eigenvalue weighted by Gasteiger charge is -2.04. The van der Waals surface area contributed by atoms with Crippen LogP contribution in [-0.4, -0.2) is 33.1 Å². The first kappa shape index (κ1) is 14.8. The van der Waals surface area contributed by atoms with E-state index in [0.29, 0.717) is 10.1 Å². The number of halogens is 2. The summed E-state index contributed by atoms with van der Waals surface area (Å²) in [6.45, 7) is 0. The van der Waals surface area contributed by atoms with Crippen LogP contribution in [-0.2, 0) is 0 Å². The first-order valence-electron chi connectivity index (χ1n) is 5.16. The maximum atomic E-state index is 11.0. The number of aromatic nitrogens is 3. The molecule has 0 spiro atoms. The molecule has 1 N–H and O–H groups in total. The third kappa shape index (κ3) is 3.50. The van der Waals surface area contributed by atoms with Crippen molar-refractivity contribution in [3.8, 4) is 6.01 Å². The predicted octanol–water partition coefficient (Wildman–Crippen LogP) is 3.04. The van der Waals surface area contributed by atoms with Crippen LogP contribution in [0.5, 0.6) is 6.01 Å². The van der Waals surface area contributed by atoms with E-state index in [2.05, 4.69) is 15.0 Å². The highest BCUT2D eigenvalue weighted by molar-refractivity contribution is 7.99. The van der Waals surface area contributed by atoms with E-state index in [1.54, 1.807) is 6.07 Å². The molecule has 0 atom stereocenters. The topological polar surface area (TPSA) is 85.2 Å². The molecule has 1 aromatic carbocycles. The van der Waals surface area contributed by atoms with Gasteiger partial charge in [0.05, 0.1) is 17.7 Å². The molecule has 1 heterocycles. The summed E-state index contributed by atoms with van der Waals surface area (Å²) in [6, 6.07) is 4.66. The minimum atomic E-state index is -1.11. The van der Waals surface area contributed by atoms with Gasteiger partial charge in [0.25, 0.3) is 0 Å². The van der Waals surface area contributed by atoms with Gasteiger partial charge in [-0.15, -0.1) is 0 Å². The molecule has 20 heavy (non-hydrogen) atoms. The Labute approximate surface area is 128 Å². The zero-order valence-electron chi connectivity index (χ0n) is 10.0. The summed E-state index contributed by atoms with van der Waals surface area (Å²) in [6.07, 6.45) is 0. The van der Waals surface area contributed by atoms with Crippen molar-refractivity contribution in [2.24, 2.45) is 0 Å². The summed E-state index contributed by atoms with van der Waals surface area (Å²) in [7, 11) is 1.41. The number of carbonyl (C=O) groups is 1. The predicted molar refractivity (Wildman–Crippen MR) is 73.9 cm³/mol. The molecule has 2 aromatic rings. The second-order valence-electron chi connectivity index (χ2n) is 3.42. The fourth-order valence-corrected chi connectivity index (χ4v) is 2.47. The van der Waals surface area contributed by atoms with Crippen LogP contribution in [0.4, 0.5) is 0 Å². The van der Waals surface area contributed by atoms with Crippen LogP contribution in [0.15, 0.2) is 28.3 Å². The molecule has 6 nitrogen and oxygen atoms in total. The van der Waals surface area contributed by atoms with Crippen molar-refractivity contribution in [1.29, 1.82) is 0 Å². The number of methoxy groups -OCH3 is 1. The van der Waals surface area contributed by atoms with Crippen LogP contribution in [0.1, 0.15) is 10.4 Å². The number of hydrogen-bond acceptors (Lipinski definition) is 6. The quantitative estimate of drug-likeness (QED) is 0.921. The lowest BCUT2D eigenvalue weighted by molar-refractivity contribution is 0.0697. The van der Waals surface area contributed by atoms with Gasteiger partial charge in [-0.3, -0.25) is 0 Å². The largest absolute Gasteiger partial charge is 0.478 e. The summed E-state index contributed by atoms with van der Waals surface area (Å²) in [5.41, 5.74) is 0.00350. The minimum Gasteiger partial charge on any atom is -0.478 e. The number of rotatable bonds is 4. The van der Waals surface area contributed by atoms with Gasteiger partial charge in [-0.25, -0.2) is 4.79 Å². The highest BCUT2D eigenvalue weighted by Crippen LogP contribution is 2.29. The molecule has 9 heteroatoms. The fraction of sp³-hybridized carbons (Fsp3) is 0.0909. The van der Waals surface area contributed by atoms with Crippen LogP contribution in [0.25, 0.3) is 0 Å². The van der Waals surface area contributed by atoms with E-state index in [1.807, 2.05) is 0 Å². The Bertz CT molecular complexity index is 669. The van der Waals surface area contributed by atoms with E-state index >= 15 is 0 Å². The minimum absolute atomic E-state index is 0.00350. The molecule has 1 aromatic heterocycles. The average molecular weight is 332 g/mol. The highest BCUT2D eigenvalue weighted by atomic mass is 35.5. The third-order valence-corrected chi connectivity index (χ3v) is 3.48. The fourth-order valence-electron chi connectivity index (χ4n) is 1.29. The Morgan fingerprint density at radius 2 is 2.05 bits per heavy atom. The number of benzene rings is 1. The summed E-state index contributed by atoms with van der Waals surface area (Å²) in [5.74, 6) is -1.11. The Hall–Kier alpha value is -1.57. The van der Waals surface area contributed by atoms with Gasteiger partial charge >= 0.3 is 12.0 Å². The van der Waals surface area contributed by atoms with Crippen LogP contribution in [0.3, 0.4) is 0 Å². The average Bonchev–Trinajstić information content (AvgIpc) is 2.40. The van der Waals surface area contributed by atoms with E-state index < -0.39 is 5.97 Å². The van der Waals surface area contributed by atoms with Crippen molar-refractivity contribution in [3.63, 3.8) is 0 Å². The van der Waals surface area contributed by atoms with Crippen LogP contribution in [0, 0.1) is 0 Å². The molecule has 0 aliphatic carbocycles. The van der Waals surface area contributed by atoms with Crippen molar-refractivity contribution in [2.75, 3.05) is 7.11 Å². The second-order valence-corrected chi connectivity index (χ2v) is 5.21. The molecule has 0 radical (unpaired) electrons. The van der Waals surface area contributed by atoms with Crippen LogP contribution >= 0.6 is 35.0 Å². The van der Waals surface area contributed by atoms with Crippen molar-refractivity contribution in [3.05, 3.63) is 34.1 Å². The van der Waals surface area contributed by atoms with E-state index in [0.717, 1.165) is 11.8 Å². The van der Waals surface area contributed by atoms with Gasteiger partial charge in [0.2, 0.25) is 5.28 Å². The number of ether oxygens (including phenoxy) is 1. The zero-order chi connectivity index (χ0) is 14.7. The molecule has 0 fully saturated rings. The van der Waals surface area contributed by atoms with Crippen LogP contribution < -0.4 is 4.74 Å². The lowest BCUT2D eigenvalue weighted by Crippen LogP contribution is -1.99. The number of hydrogen-bond donors (Lipinski definition) is 1. The molecule has 0 unspecified atom stereocenters. The number of carboxylic acids is 1. The normalized spacial score (nSPS) is 10.3. The molecule has 2 rings (SSSR count). The molecule has 0 bridgehead atoms. The van der Waals surface area contributed by atoms with E-state index in [4.69, 9.17) is 33.0 Å². The summed E-state index contributed by atoms with van der Waals surface area (Å²) < 4.78 is 4.88. The van der Waals surface area contributed by atoms with E-state index in [-0.39, 0.29) is 21.9 Å². The maximum Gasteiger partial charge on any atom is 0.337 e. The van der Waals surface area contributed by atoms with E-state index in [1.165, 1.54) is 19.2 Å². The molecular formula is C11H7Cl2N3O3S. The third-order valence-electron chi connectivity index (χ3n) is 2.13. The van der Waals surface area contributed by atoms with Crippen molar-refractivity contribution < 1.29 is 14.6 Å². The van der Waals surface area contributed by atoms with Crippen molar-refractivity contribution >= 4 is 40.9 Å². The standard InChI is InChI=1S/C11H7Cl2N3O3S/c1-19-10-14-9(13)15-11(16-10)20-5-2-3-7(12)6(4-5)8(17)18/h2-4H,1H3,(H,17,18). The molecule has 0 aliphatic rings. The monoisotopic (exact) mass is 331 g/mol. The van der Waals surface area contributed by atoms with Crippen molar-refractivity contribution in [1.82, 2.24) is 15.0 Å².